The van der Waals surface area contributed by atoms with Crippen LogP contribution in [0.2, 0.25) is 0 Å². The summed E-state index contributed by atoms with van der Waals surface area (Å²) in [5.41, 5.74) is 1.13. The minimum absolute atomic E-state index is 0.00665. The van der Waals surface area contributed by atoms with Gasteiger partial charge in [-0.15, -0.1) is 0 Å². The van der Waals surface area contributed by atoms with Crippen LogP contribution in [0.4, 0.5) is 5.69 Å². The van der Waals surface area contributed by atoms with Crippen LogP contribution in [-0.2, 0) is 10.0 Å². The van der Waals surface area contributed by atoms with Crippen molar-refractivity contribution in [2.45, 2.75) is 17.9 Å². The molecule has 3 aromatic carbocycles. The molecule has 8 nitrogen and oxygen atoms in total. The van der Waals surface area contributed by atoms with E-state index in [2.05, 4.69) is 10.0 Å². The summed E-state index contributed by atoms with van der Waals surface area (Å²) < 4.78 is 38.2. The molecular weight excluding hydrogens is 444 g/mol. The Morgan fingerprint density at radius 3 is 2.30 bits per heavy atom. The molecule has 0 aliphatic rings. The van der Waals surface area contributed by atoms with Gasteiger partial charge < -0.3 is 19.9 Å². The number of hydrogen-bond acceptors (Lipinski definition) is 6. The zero-order valence-corrected chi connectivity index (χ0v) is 19.1. The highest BCUT2D eigenvalue weighted by molar-refractivity contribution is 7.92. The summed E-state index contributed by atoms with van der Waals surface area (Å²) in [5.74, 6) is 0.802. The zero-order valence-electron chi connectivity index (χ0n) is 18.3. The molecule has 0 spiro atoms. The third-order valence-corrected chi connectivity index (χ3v) is 6.18. The van der Waals surface area contributed by atoms with Gasteiger partial charge in [-0.2, -0.15) is 0 Å². The third-order valence-electron chi connectivity index (χ3n) is 4.78. The van der Waals surface area contributed by atoms with E-state index in [0.29, 0.717) is 23.7 Å². The van der Waals surface area contributed by atoms with Gasteiger partial charge in [0.05, 0.1) is 24.7 Å². The molecule has 1 atom stereocenters. The van der Waals surface area contributed by atoms with E-state index in [1.54, 1.807) is 61.7 Å². The number of benzene rings is 3. The number of amides is 1. The fourth-order valence-corrected chi connectivity index (χ4v) is 4.10. The molecule has 0 heterocycles. The van der Waals surface area contributed by atoms with E-state index in [1.807, 2.05) is 6.92 Å². The summed E-state index contributed by atoms with van der Waals surface area (Å²) in [6.45, 7) is 2.32. The molecule has 0 aliphatic heterocycles. The summed E-state index contributed by atoms with van der Waals surface area (Å²) in [6.07, 6.45) is -0.902. The van der Waals surface area contributed by atoms with Crippen molar-refractivity contribution in [3.8, 4) is 11.5 Å². The number of ether oxygens (including phenoxy) is 2. The first-order valence-electron chi connectivity index (χ1n) is 10.3. The number of rotatable bonds is 10. The highest BCUT2D eigenvalue weighted by Crippen LogP contribution is 2.21. The fourth-order valence-electron chi connectivity index (χ4n) is 3.06. The van der Waals surface area contributed by atoms with Gasteiger partial charge in [-0.1, -0.05) is 18.2 Å². The van der Waals surface area contributed by atoms with E-state index in [9.17, 15) is 18.3 Å². The molecule has 0 unspecified atom stereocenters. The molecule has 3 N–H and O–H groups in total. The maximum absolute atomic E-state index is 12.7. The number of anilines is 1. The highest BCUT2D eigenvalue weighted by Gasteiger charge is 2.16. The Labute approximate surface area is 193 Å². The van der Waals surface area contributed by atoms with Gasteiger partial charge in [0.25, 0.3) is 15.9 Å². The number of aliphatic hydroxyl groups excluding tert-OH is 1. The average Bonchev–Trinajstić information content (AvgIpc) is 2.83. The predicted molar refractivity (Wildman–Crippen MR) is 125 cm³/mol. The van der Waals surface area contributed by atoms with Gasteiger partial charge >= 0.3 is 0 Å². The lowest BCUT2D eigenvalue weighted by Crippen LogP contribution is -2.28. The molecule has 0 aliphatic carbocycles. The SMILES string of the molecule is CCOc1ccc(S(=O)(=O)Nc2cccc(C(=O)NC[C@@H](O)c3ccc(OC)cc3)c2)cc1. The van der Waals surface area contributed by atoms with Crippen LogP contribution in [-0.4, -0.2) is 39.7 Å². The normalized spacial score (nSPS) is 12.0. The second-order valence-electron chi connectivity index (χ2n) is 7.09. The second-order valence-corrected chi connectivity index (χ2v) is 8.77. The van der Waals surface area contributed by atoms with E-state index >= 15 is 0 Å². The summed E-state index contributed by atoms with van der Waals surface area (Å²) in [5, 5.41) is 13.0. The van der Waals surface area contributed by atoms with Crippen LogP contribution in [0.5, 0.6) is 11.5 Å². The summed E-state index contributed by atoms with van der Waals surface area (Å²) in [4.78, 5) is 12.6. The predicted octanol–water partition coefficient (Wildman–Crippen LogP) is 3.36. The molecule has 33 heavy (non-hydrogen) atoms. The van der Waals surface area contributed by atoms with Gasteiger partial charge in [0.1, 0.15) is 11.5 Å². The van der Waals surface area contributed by atoms with Crippen molar-refractivity contribution in [1.29, 1.82) is 0 Å². The average molecular weight is 471 g/mol. The van der Waals surface area contributed by atoms with Crippen molar-refractivity contribution in [2.75, 3.05) is 25.0 Å². The number of nitrogens with one attached hydrogen (secondary N) is 2. The van der Waals surface area contributed by atoms with Crippen LogP contribution < -0.4 is 19.5 Å². The quantitative estimate of drug-likeness (QED) is 0.419. The highest BCUT2D eigenvalue weighted by atomic mass is 32.2. The number of sulfonamides is 1. The Morgan fingerprint density at radius 1 is 1.00 bits per heavy atom. The van der Waals surface area contributed by atoms with Crippen molar-refractivity contribution in [3.63, 3.8) is 0 Å². The van der Waals surface area contributed by atoms with Gasteiger partial charge in [-0.3, -0.25) is 9.52 Å². The van der Waals surface area contributed by atoms with Crippen LogP contribution in [0.3, 0.4) is 0 Å². The van der Waals surface area contributed by atoms with E-state index in [4.69, 9.17) is 9.47 Å². The van der Waals surface area contributed by atoms with Gasteiger partial charge in [0.15, 0.2) is 0 Å². The van der Waals surface area contributed by atoms with E-state index in [0.717, 1.165) is 0 Å². The Balaban J connectivity index is 1.63. The number of hydrogen-bond donors (Lipinski definition) is 3. The summed E-state index contributed by atoms with van der Waals surface area (Å²) in [7, 11) is -2.29. The Hall–Kier alpha value is -3.56. The molecule has 9 heteroatoms. The standard InChI is InChI=1S/C24H26N2O6S/c1-3-32-21-11-13-22(14-12-21)33(29,30)26-19-6-4-5-18(15-19)24(28)25-16-23(27)17-7-9-20(31-2)10-8-17/h4-15,23,26-27H,3,16H2,1-2H3,(H,25,28)/t23-/m1/s1. The van der Waals surface area contributed by atoms with Crippen LogP contribution in [0.15, 0.2) is 77.7 Å². The smallest absolute Gasteiger partial charge is 0.261 e. The Kier molecular flexibility index (Phi) is 7.92. The maximum atomic E-state index is 12.7. The topological polar surface area (TPSA) is 114 Å². The van der Waals surface area contributed by atoms with Gasteiger partial charge in [0, 0.05) is 17.8 Å². The van der Waals surface area contributed by atoms with Gasteiger partial charge in [-0.25, -0.2) is 8.42 Å². The lowest BCUT2D eigenvalue weighted by atomic mass is 10.1. The van der Waals surface area contributed by atoms with Gasteiger partial charge in [-0.05, 0) is 67.1 Å². The second kappa shape index (κ2) is 10.8. The number of aliphatic hydroxyl groups is 1. The first kappa shape index (κ1) is 24.1. The molecule has 0 fully saturated rings. The molecule has 174 valence electrons. The number of carbonyl (C=O) groups is 1. The van der Waals surface area contributed by atoms with Crippen molar-refractivity contribution >= 4 is 21.6 Å². The molecule has 0 bridgehead atoms. The molecule has 1 amide bonds. The Morgan fingerprint density at radius 2 is 1.67 bits per heavy atom. The number of carbonyl (C=O) groups excluding carboxylic acids is 1. The van der Waals surface area contributed by atoms with Crippen LogP contribution >= 0.6 is 0 Å². The molecule has 0 radical (unpaired) electrons. The maximum Gasteiger partial charge on any atom is 0.261 e. The summed E-state index contributed by atoms with van der Waals surface area (Å²) in [6, 6.07) is 19.0. The van der Waals surface area contributed by atoms with Crippen molar-refractivity contribution in [1.82, 2.24) is 5.32 Å². The molecule has 0 saturated heterocycles. The van der Waals surface area contributed by atoms with Crippen LogP contribution in [0.25, 0.3) is 0 Å². The molecular formula is C24H26N2O6S. The van der Waals surface area contributed by atoms with Crippen molar-refractivity contribution in [3.05, 3.63) is 83.9 Å². The lowest BCUT2D eigenvalue weighted by molar-refractivity contribution is 0.0916. The largest absolute Gasteiger partial charge is 0.497 e. The minimum atomic E-state index is -3.84. The van der Waals surface area contributed by atoms with E-state index < -0.39 is 22.0 Å². The van der Waals surface area contributed by atoms with Crippen LogP contribution in [0.1, 0.15) is 28.9 Å². The molecule has 3 aromatic rings. The molecule has 0 aromatic heterocycles. The minimum Gasteiger partial charge on any atom is -0.497 e. The zero-order chi connectivity index (χ0) is 23.8. The number of methoxy groups -OCH3 is 1. The van der Waals surface area contributed by atoms with Gasteiger partial charge in [0.2, 0.25) is 0 Å². The van der Waals surface area contributed by atoms with Crippen molar-refractivity contribution in [2.24, 2.45) is 0 Å². The first-order chi connectivity index (χ1) is 15.8. The lowest BCUT2D eigenvalue weighted by Gasteiger charge is -2.14. The third kappa shape index (κ3) is 6.47. The summed E-state index contributed by atoms with van der Waals surface area (Å²) >= 11 is 0. The fraction of sp³-hybridized carbons (Fsp3) is 0.208. The molecule has 3 rings (SSSR count). The van der Waals surface area contributed by atoms with E-state index in [-0.39, 0.29) is 22.7 Å². The first-order valence-corrected chi connectivity index (χ1v) is 11.8. The van der Waals surface area contributed by atoms with Crippen molar-refractivity contribution < 1.29 is 27.8 Å². The molecule has 0 saturated carbocycles. The Bertz CT molecular complexity index is 1180. The van der Waals surface area contributed by atoms with Crippen LogP contribution in [0, 0.1) is 0 Å². The monoisotopic (exact) mass is 470 g/mol. The van der Waals surface area contributed by atoms with E-state index in [1.165, 1.54) is 18.2 Å².